The number of phenols is 1. The van der Waals surface area contributed by atoms with Crippen LogP contribution in [0, 0.1) is 0 Å². The van der Waals surface area contributed by atoms with Gasteiger partial charge in [-0.15, -0.1) is 12.6 Å². The Morgan fingerprint density at radius 2 is 2.27 bits per heavy atom. The number of unbranched alkanes of at least 4 members (excludes halogenated alkanes) is 1. The Morgan fingerprint density at radius 3 is 3.03 bits per heavy atom. The first-order valence-electron chi connectivity index (χ1n) is 10.8. The Hall–Kier alpha value is -1.92. The molecular formula is C24H35NO4S. The van der Waals surface area contributed by atoms with E-state index in [9.17, 15) is 9.90 Å². The molecule has 0 aromatic heterocycles. The van der Waals surface area contributed by atoms with Gasteiger partial charge in [0.25, 0.3) is 0 Å². The molecule has 0 amide bonds. The second kappa shape index (κ2) is 13.4. The molecule has 1 aromatic rings. The van der Waals surface area contributed by atoms with Crippen molar-refractivity contribution in [3.8, 4) is 5.75 Å². The smallest absolute Gasteiger partial charge is 0.333 e. The number of likely N-dealkylation sites (tertiary alicyclic amines) is 1. The molecule has 166 valence electrons. The minimum atomic E-state index is -0.406. The normalized spacial score (nSPS) is 18.0. The van der Waals surface area contributed by atoms with Crippen molar-refractivity contribution in [3.05, 3.63) is 54.3 Å². The molecule has 0 aliphatic carbocycles. The first-order chi connectivity index (χ1) is 14.5. The number of thiol groups is 1. The molecule has 1 aromatic carbocycles. The highest BCUT2D eigenvalue weighted by atomic mass is 32.1. The van der Waals surface area contributed by atoms with E-state index < -0.39 is 5.44 Å². The quantitative estimate of drug-likeness (QED) is 0.162. The van der Waals surface area contributed by atoms with Gasteiger partial charge in [-0.2, -0.15) is 0 Å². The van der Waals surface area contributed by atoms with Gasteiger partial charge >= 0.3 is 5.97 Å². The minimum Gasteiger partial charge on any atom is -0.508 e. The Balaban J connectivity index is 1.69. The van der Waals surface area contributed by atoms with E-state index in [2.05, 4.69) is 36.3 Å². The lowest BCUT2D eigenvalue weighted by molar-refractivity contribution is -0.149. The fraction of sp³-hybridized carbons (Fsp3) is 0.542. The van der Waals surface area contributed by atoms with Gasteiger partial charge in [0.1, 0.15) is 17.8 Å². The summed E-state index contributed by atoms with van der Waals surface area (Å²) in [5.74, 6) is -0.0544. The van der Waals surface area contributed by atoms with Crippen molar-refractivity contribution in [3.63, 3.8) is 0 Å². The maximum absolute atomic E-state index is 11.4. The summed E-state index contributed by atoms with van der Waals surface area (Å²) in [4.78, 5) is 13.8. The number of esters is 1. The fourth-order valence-electron chi connectivity index (χ4n) is 3.65. The number of rotatable bonds is 12. The van der Waals surface area contributed by atoms with Gasteiger partial charge < -0.3 is 19.5 Å². The Bertz CT molecular complexity index is 704. The summed E-state index contributed by atoms with van der Waals surface area (Å²) in [6, 6.07) is 7.84. The van der Waals surface area contributed by atoms with Crippen molar-refractivity contribution in [1.29, 1.82) is 0 Å². The number of nitrogens with zero attached hydrogens (tertiary/aromatic N) is 1. The zero-order chi connectivity index (χ0) is 21.8. The number of aryl methyl sites for hydroxylation is 1. The van der Waals surface area contributed by atoms with E-state index in [4.69, 9.17) is 9.47 Å². The van der Waals surface area contributed by atoms with E-state index in [1.165, 1.54) is 12.1 Å². The number of phenolic OH excluding ortho intramolecular Hbond substituents is 1. The second-order valence-electron chi connectivity index (χ2n) is 7.70. The highest BCUT2D eigenvalue weighted by Gasteiger charge is 2.21. The molecule has 1 aliphatic heterocycles. The van der Waals surface area contributed by atoms with Crippen molar-refractivity contribution in [2.75, 3.05) is 19.8 Å². The minimum absolute atomic E-state index is 0.0220. The SMILES string of the molecule is C=C1CCCC(/C=C/CCc2cccc(O)c2)N1CCCCOCC(=O)OC(C)S. The Morgan fingerprint density at radius 1 is 1.43 bits per heavy atom. The Labute approximate surface area is 186 Å². The molecule has 2 atom stereocenters. The first-order valence-corrected chi connectivity index (χ1v) is 11.3. The maximum atomic E-state index is 11.4. The Kier molecular flexibility index (Phi) is 10.9. The van der Waals surface area contributed by atoms with Crippen LogP contribution in [0.3, 0.4) is 0 Å². The summed E-state index contributed by atoms with van der Waals surface area (Å²) in [6.07, 6.45) is 11.7. The van der Waals surface area contributed by atoms with Crippen LogP contribution < -0.4 is 0 Å². The highest BCUT2D eigenvalue weighted by Crippen LogP contribution is 2.26. The molecule has 0 radical (unpaired) electrons. The lowest BCUT2D eigenvalue weighted by Gasteiger charge is -2.37. The van der Waals surface area contributed by atoms with Crippen LogP contribution in [-0.4, -0.2) is 47.2 Å². The standard InChI is InChI=1S/C24H35NO4S/c1-19-9-7-13-22(12-4-3-10-21-11-8-14-23(26)17-21)25(19)15-5-6-16-28-18-24(27)29-20(2)30/h4,8,11-12,14,17,20,22,26,30H,1,3,5-7,9-10,13,15-16,18H2,2H3/b12-4+. The molecule has 1 N–H and O–H groups in total. The van der Waals surface area contributed by atoms with Gasteiger partial charge in [0, 0.05) is 24.9 Å². The number of hydrogen-bond acceptors (Lipinski definition) is 6. The molecule has 5 nitrogen and oxygen atoms in total. The van der Waals surface area contributed by atoms with Crippen LogP contribution >= 0.6 is 12.6 Å². The number of carbonyl (C=O) groups excluding carboxylic acids is 1. The van der Waals surface area contributed by atoms with Gasteiger partial charge in [-0.05, 0) is 69.6 Å². The average molecular weight is 434 g/mol. The predicted octanol–water partition coefficient (Wildman–Crippen LogP) is 4.87. The molecule has 1 aliphatic rings. The first kappa shape index (κ1) is 24.4. The van der Waals surface area contributed by atoms with Crippen molar-refractivity contribution in [2.24, 2.45) is 0 Å². The summed E-state index contributed by atoms with van der Waals surface area (Å²) < 4.78 is 10.3. The number of allylic oxidation sites excluding steroid dienone is 2. The summed E-state index contributed by atoms with van der Waals surface area (Å²) in [6.45, 7) is 7.43. The van der Waals surface area contributed by atoms with Gasteiger partial charge in [-0.1, -0.05) is 30.9 Å². The number of aromatic hydroxyl groups is 1. The number of hydrogen-bond donors (Lipinski definition) is 2. The monoisotopic (exact) mass is 433 g/mol. The van der Waals surface area contributed by atoms with Gasteiger partial charge in [-0.25, -0.2) is 4.79 Å². The third kappa shape index (κ3) is 9.26. The molecule has 1 fully saturated rings. The van der Waals surface area contributed by atoms with Crippen LogP contribution in [0.2, 0.25) is 0 Å². The van der Waals surface area contributed by atoms with Crippen LogP contribution in [0.1, 0.15) is 51.0 Å². The number of carbonyl (C=O) groups is 1. The molecule has 2 rings (SSSR count). The summed E-state index contributed by atoms with van der Waals surface area (Å²) in [7, 11) is 0. The van der Waals surface area contributed by atoms with Crippen LogP contribution in [0.4, 0.5) is 0 Å². The summed E-state index contributed by atoms with van der Waals surface area (Å²) >= 11 is 4.02. The molecule has 2 unspecified atom stereocenters. The average Bonchev–Trinajstić information content (AvgIpc) is 2.69. The number of benzene rings is 1. The van der Waals surface area contributed by atoms with Gasteiger partial charge in [-0.3, -0.25) is 0 Å². The fourth-order valence-corrected chi connectivity index (χ4v) is 3.77. The zero-order valence-electron chi connectivity index (χ0n) is 18.0. The van der Waals surface area contributed by atoms with Gasteiger partial charge in [0.05, 0.1) is 0 Å². The lowest BCUT2D eigenvalue weighted by Crippen LogP contribution is -2.37. The summed E-state index contributed by atoms with van der Waals surface area (Å²) in [5.41, 5.74) is 1.95. The third-order valence-electron chi connectivity index (χ3n) is 5.10. The molecule has 0 bridgehead atoms. The van der Waals surface area contributed by atoms with Gasteiger partial charge in [0.2, 0.25) is 0 Å². The van der Waals surface area contributed by atoms with Gasteiger partial charge in [0.15, 0.2) is 0 Å². The molecular weight excluding hydrogens is 398 g/mol. The van der Waals surface area contributed by atoms with Crippen LogP contribution in [0.25, 0.3) is 0 Å². The molecule has 1 heterocycles. The van der Waals surface area contributed by atoms with Crippen molar-refractivity contribution >= 4 is 18.6 Å². The maximum Gasteiger partial charge on any atom is 0.333 e. The van der Waals surface area contributed by atoms with Crippen molar-refractivity contribution < 1.29 is 19.4 Å². The summed E-state index contributed by atoms with van der Waals surface area (Å²) in [5, 5.41) is 9.57. The molecule has 1 saturated heterocycles. The van der Waals surface area contributed by atoms with Crippen LogP contribution in [0.15, 0.2) is 48.7 Å². The van der Waals surface area contributed by atoms with Crippen LogP contribution in [-0.2, 0) is 20.7 Å². The lowest BCUT2D eigenvalue weighted by atomic mass is 9.98. The molecule has 30 heavy (non-hydrogen) atoms. The molecule has 0 spiro atoms. The number of piperidine rings is 1. The van der Waals surface area contributed by atoms with Crippen molar-refractivity contribution in [2.45, 2.75) is 63.3 Å². The van der Waals surface area contributed by atoms with E-state index in [1.54, 1.807) is 13.0 Å². The van der Waals surface area contributed by atoms with E-state index in [0.717, 1.165) is 50.6 Å². The van der Waals surface area contributed by atoms with Crippen molar-refractivity contribution in [1.82, 2.24) is 4.90 Å². The van der Waals surface area contributed by atoms with E-state index in [0.29, 0.717) is 18.4 Å². The molecule has 0 saturated carbocycles. The van der Waals surface area contributed by atoms with Crippen LogP contribution in [0.5, 0.6) is 5.75 Å². The second-order valence-corrected chi connectivity index (χ2v) is 8.43. The highest BCUT2D eigenvalue weighted by molar-refractivity contribution is 7.80. The zero-order valence-corrected chi connectivity index (χ0v) is 18.9. The predicted molar refractivity (Wildman–Crippen MR) is 124 cm³/mol. The van der Waals surface area contributed by atoms with E-state index in [1.807, 2.05) is 18.2 Å². The largest absolute Gasteiger partial charge is 0.508 e. The molecule has 6 heteroatoms. The third-order valence-corrected chi connectivity index (χ3v) is 5.21. The van der Waals surface area contributed by atoms with E-state index >= 15 is 0 Å². The number of ether oxygens (including phenoxy) is 2. The topological polar surface area (TPSA) is 59.0 Å². The van der Waals surface area contributed by atoms with E-state index in [-0.39, 0.29) is 12.6 Å².